The van der Waals surface area contributed by atoms with E-state index < -0.39 is 12.5 Å². The number of alkyl halides is 2. The number of pyridine rings is 1. The van der Waals surface area contributed by atoms with Gasteiger partial charge >= 0.3 is 6.61 Å². The van der Waals surface area contributed by atoms with Crippen molar-refractivity contribution in [1.82, 2.24) is 19.6 Å². The second kappa shape index (κ2) is 9.63. The van der Waals surface area contributed by atoms with Gasteiger partial charge in [0.2, 0.25) is 5.91 Å². The third-order valence-electron chi connectivity index (χ3n) is 6.52. The SMILES string of the molecule is COc1cc(-c2cnc3cc(N4CCN(C(C)=O)CC4)ccn23)cc(OC(F)F)c1C(=O)NC1CC1. The minimum Gasteiger partial charge on any atom is -0.496 e. The van der Waals surface area contributed by atoms with Crippen LogP contribution in [-0.4, -0.2) is 72.0 Å². The molecule has 2 amide bonds. The first-order valence-corrected chi connectivity index (χ1v) is 11.8. The van der Waals surface area contributed by atoms with Crippen LogP contribution in [0.4, 0.5) is 14.5 Å². The molecule has 1 N–H and O–H groups in total. The molecule has 5 rings (SSSR count). The number of carbonyl (C=O) groups excluding carboxylic acids is 2. The number of halogens is 2. The van der Waals surface area contributed by atoms with Gasteiger partial charge in [-0.05, 0) is 31.0 Å². The van der Waals surface area contributed by atoms with Crippen LogP contribution in [0.25, 0.3) is 16.9 Å². The zero-order chi connectivity index (χ0) is 25.4. The number of aromatic nitrogens is 2. The van der Waals surface area contributed by atoms with E-state index in [1.165, 1.54) is 13.2 Å². The molecule has 1 aliphatic carbocycles. The molecule has 0 unspecified atom stereocenters. The van der Waals surface area contributed by atoms with Crippen molar-refractivity contribution < 1.29 is 27.8 Å². The fourth-order valence-corrected chi connectivity index (χ4v) is 4.46. The van der Waals surface area contributed by atoms with Crippen LogP contribution in [0.15, 0.2) is 36.7 Å². The van der Waals surface area contributed by atoms with Gasteiger partial charge in [0, 0.05) is 62.7 Å². The Kier molecular flexibility index (Phi) is 6.38. The van der Waals surface area contributed by atoms with E-state index in [2.05, 4.69) is 15.2 Å². The van der Waals surface area contributed by atoms with Crippen molar-refractivity contribution in [3.63, 3.8) is 0 Å². The molecule has 1 aliphatic heterocycles. The second-order valence-corrected chi connectivity index (χ2v) is 8.93. The number of nitrogens with one attached hydrogen (secondary N) is 1. The molecule has 0 atom stereocenters. The fraction of sp³-hybridized carbons (Fsp3) is 0.400. The van der Waals surface area contributed by atoms with E-state index in [4.69, 9.17) is 9.47 Å². The summed E-state index contributed by atoms with van der Waals surface area (Å²) in [4.78, 5) is 32.9. The lowest BCUT2D eigenvalue weighted by Crippen LogP contribution is -2.48. The lowest BCUT2D eigenvalue weighted by molar-refractivity contribution is -0.129. The molecule has 2 aliphatic rings. The fourth-order valence-electron chi connectivity index (χ4n) is 4.46. The molecule has 2 aromatic heterocycles. The number of amides is 2. The van der Waals surface area contributed by atoms with Crippen LogP contribution in [0.5, 0.6) is 11.5 Å². The number of benzene rings is 1. The van der Waals surface area contributed by atoms with E-state index in [0.29, 0.717) is 30.0 Å². The summed E-state index contributed by atoms with van der Waals surface area (Å²) in [7, 11) is 1.38. The van der Waals surface area contributed by atoms with Gasteiger partial charge in [0.1, 0.15) is 22.7 Å². The Morgan fingerprint density at radius 3 is 2.47 bits per heavy atom. The Bertz CT molecular complexity index is 1300. The molecular formula is C25H27F2N5O4. The average molecular weight is 500 g/mol. The molecular weight excluding hydrogens is 472 g/mol. The minimum absolute atomic E-state index is 0.0414. The lowest BCUT2D eigenvalue weighted by atomic mass is 10.1. The molecule has 11 heteroatoms. The Morgan fingerprint density at radius 2 is 1.83 bits per heavy atom. The highest BCUT2D eigenvalue weighted by atomic mass is 19.3. The van der Waals surface area contributed by atoms with Crippen LogP contribution >= 0.6 is 0 Å². The van der Waals surface area contributed by atoms with Gasteiger partial charge in [-0.15, -0.1) is 0 Å². The molecule has 3 aromatic rings. The largest absolute Gasteiger partial charge is 0.496 e. The molecule has 1 saturated carbocycles. The van der Waals surface area contributed by atoms with Crippen LogP contribution in [0.3, 0.4) is 0 Å². The van der Waals surface area contributed by atoms with Gasteiger partial charge in [-0.3, -0.25) is 14.0 Å². The van der Waals surface area contributed by atoms with Gasteiger partial charge < -0.3 is 24.6 Å². The standard InChI is InChI=1S/C25H27F2N5O4/c1-15(33)30-7-9-31(10-8-30)18-5-6-32-19(14-28-22(32)13-18)16-11-20(35-2)23(21(12-16)36-25(26)27)24(34)29-17-3-4-17/h5-6,11-14,17,25H,3-4,7-10H2,1-2H3,(H,29,34). The number of imidazole rings is 1. The lowest BCUT2D eigenvalue weighted by Gasteiger charge is -2.35. The van der Waals surface area contributed by atoms with Crippen LogP contribution in [0.1, 0.15) is 30.1 Å². The second-order valence-electron chi connectivity index (χ2n) is 8.93. The van der Waals surface area contributed by atoms with E-state index in [1.807, 2.05) is 27.6 Å². The van der Waals surface area contributed by atoms with Crippen LogP contribution in [0.2, 0.25) is 0 Å². The van der Waals surface area contributed by atoms with Crippen LogP contribution in [-0.2, 0) is 4.79 Å². The number of methoxy groups -OCH3 is 1. The highest BCUT2D eigenvalue weighted by Crippen LogP contribution is 2.37. The van der Waals surface area contributed by atoms with Crippen molar-refractivity contribution in [2.24, 2.45) is 0 Å². The van der Waals surface area contributed by atoms with Crippen molar-refractivity contribution in [3.8, 4) is 22.8 Å². The van der Waals surface area contributed by atoms with Gasteiger partial charge in [-0.1, -0.05) is 0 Å². The summed E-state index contributed by atoms with van der Waals surface area (Å²) in [6.45, 7) is 1.23. The summed E-state index contributed by atoms with van der Waals surface area (Å²) in [6.07, 6.45) is 5.20. The summed E-state index contributed by atoms with van der Waals surface area (Å²) >= 11 is 0. The van der Waals surface area contributed by atoms with E-state index >= 15 is 0 Å². The molecule has 0 spiro atoms. The summed E-state index contributed by atoms with van der Waals surface area (Å²) in [6, 6.07) is 6.97. The minimum atomic E-state index is -3.11. The van der Waals surface area contributed by atoms with Gasteiger partial charge in [-0.2, -0.15) is 8.78 Å². The maximum atomic E-state index is 13.3. The third kappa shape index (κ3) is 4.77. The van der Waals surface area contributed by atoms with Crippen molar-refractivity contribution in [3.05, 3.63) is 42.2 Å². The predicted octanol–water partition coefficient (Wildman–Crippen LogP) is 3.17. The van der Waals surface area contributed by atoms with E-state index in [9.17, 15) is 18.4 Å². The Hall–Kier alpha value is -3.89. The van der Waals surface area contributed by atoms with Crippen LogP contribution in [0, 0.1) is 0 Å². The first-order chi connectivity index (χ1) is 17.3. The first-order valence-electron chi connectivity index (χ1n) is 11.8. The van der Waals surface area contributed by atoms with Crippen molar-refractivity contribution in [2.45, 2.75) is 32.4 Å². The normalized spacial score (nSPS) is 15.9. The number of carbonyl (C=O) groups is 2. The molecule has 3 heterocycles. The van der Waals surface area contributed by atoms with Crippen molar-refractivity contribution in [1.29, 1.82) is 0 Å². The molecule has 0 bridgehead atoms. The molecule has 36 heavy (non-hydrogen) atoms. The molecule has 1 aromatic carbocycles. The van der Waals surface area contributed by atoms with E-state index in [-0.39, 0.29) is 29.0 Å². The smallest absolute Gasteiger partial charge is 0.387 e. The maximum Gasteiger partial charge on any atom is 0.387 e. The van der Waals surface area contributed by atoms with Gasteiger partial charge in [0.15, 0.2) is 0 Å². The Morgan fingerprint density at radius 1 is 1.11 bits per heavy atom. The molecule has 190 valence electrons. The predicted molar refractivity (Wildman–Crippen MR) is 129 cm³/mol. The maximum absolute atomic E-state index is 13.3. The number of hydrogen-bond donors (Lipinski definition) is 1. The Balaban J connectivity index is 1.47. The number of ether oxygens (including phenoxy) is 2. The molecule has 2 fully saturated rings. The number of rotatable bonds is 7. The molecule has 1 saturated heterocycles. The Labute approximate surface area is 206 Å². The topological polar surface area (TPSA) is 88.4 Å². The number of hydrogen-bond acceptors (Lipinski definition) is 6. The average Bonchev–Trinajstić information content (AvgIpc) is 3.57. The van der Waals surface area contributed by atoms with Gasteiger partial charge in [-0.25, -0.2) is 4.98 Å². The van der Waals surface area contributed by atoms with E-state index in [0.717, 1.165) is 31.6 Å². The van der Waals surface area contributed by atoms with Crippen LogP contribution < -0.4 is 19.7 Å². The monoisotopic (exact) mass is 499 g/mol. The molecule has 0 radical (unpaired) electrons. The molecule has 9 nitrogen and oxygen atoms in total. The quantitative estimate of drug-likeness (QED) is 0.537. The third-order valence-corrected chi connectivity index (χ3v) is 6.52. The number of anilines is 1. The van der Waals surface area contributed by atoms with Crippen molar-refractivity contribution >= 4 is 23.1 Å². The summed E-state index contributed by atoms with van der Waals surface area (Å²) < 4.78 is 38.5. The number of fused-ring (bicyclic) bond motifs is 1. The summed E-state index contributed by atoms with van der Waals surface area (Å²) in [5.41, 5.74) is 2.73. The zero-order valence-corrected chi connectivity index (χ0v) is 20.0. The zero-order valence-electron chi connectivity index (χ0n) is 20.0. The van der Waals surface area contributed by atoms with Gasteiger partial charge in [0.05, 0.1) is 19.0 Å². The first kappa shape index (κ1) is 23.8. The highest BCUT2D eigenvalue weighted by Gasteiger charge is 2.29. The van der Waals surface area contributed by atoms with E-state index in [1.54, 1.807) is 19.2 Å². The summed E-state index contributed by atoms with van der Waals surface area (Å²) in [5, 5.41) is 2.80. The van der Waals surface area contributed by atoms with Gasteiger partial charge in [0.25, 0.3) is 5.91 Å². The summed E-state index contributed by atoms with van der Waals surface area (Å²) in [5.74, 6) is -0.558. The van der Waals surface area contributed by atoms with Crippen molar-refractivity contribution in [2.75, 3.05) is 38.2 Å². The highest BCUT2D eigenvalue weighted by molar-refractivity contribution is 6.01. The number of piperazine rings is 1. The number of nitrogens with zero attached hydrogens (tertiary/aromatic N) is 4.